The van der Waals surface area contributed by atoms with E-state index >= 15 is 0 Å². The number of ether oxygens (including phenoxy) is 6. The fourth-order valence-corrected chi connectivity index (χ4v) is 6.70. The maximum Gasteiger partial charge on any atom is 0.330 e. The molecule has 15 heteroatoms. The number of methoxy groups -OCH3 is 2. The molecule has 288 valence electrons. The summed E-state index contributed by atoms with van der Waals surface area (Å²) in [6.07, 6.45) is -4.50. The Balaban J connectivity index is 1.33. The monoisotopic (exact) mass is 754 g/mol. The van der Waals surface area contributed by atoms with Crippen molar-refractivity contribution in [2.24, 2.45) is 5.73 Å². The van der Waals surface area contributed by atoms with Crippen molar-refractivity contribution in [3.05, 3.63) is 168 Å². The van der Waals surface area contributed by atoms with Gasteiger partial charge in [0.25, 0.3) is 11.2 Å². The van der Waals surface area contributed by atoms with Gasteiger partial charge in [0.2, 0.25) is 0 Å². The lowest BCUT2D eigenvalue weighted by Crippen LogP contribution is -2.41. The molecule has 4 N–H and O–H groups in total. The number of hydrogen-bond donors (Lipinski definition) is 3. The first-order valence-corrected chi connectivity index (χ1v) is 17.4. The third-order valence-electron chi connectivity index (χ3n) is 9.62. The molecule has 4 aromatic carbocycles. The molecule has 2 heterocycles. The maximum atomic E-state index is 13.0. The zero-order chi connectivity index (χ0) is 39.1. The first-order valence-electron chi connectivity index (χ1n) is 17.4. The van der Waals surface area contributed by atoms with Gasteiger partial charge in [-0.2, -0.15) is 0 Å². The van der Waals surface area contributed by atoms with Gasteiger partial charge in [-0.25, -0.2) is 4.79 Å². The van der Waals surface area contributed by atoms with Crippen molar-refractivity contribution in [1.82, 2.24) is 9.55 Å². The number of aromatic nitrogens is 2. The highest BCUT2D eigenvalue weighted by atomic mass is 16.7. The topological polar surface area (TPSA) is 200 Å². The molecule has 0 bridgehead atoms. The van der Waals surface area contributed by atoms with Crippen molar-refractivity contribution in [1.29, 1.82) is 0 Å². The molecule has 0 aliphatic carbocycles. The quantitative estimate of drug-likeness (QED) is 0.0559. The molecule has 0 spiro atoms. The average molecular weight is 755 g/mol. The lowest BCUT2D eigenvalue weighted by molar-refractivity contribution is -0.386. The van der Waals surface area contributed by atoms with Crippen LogP contribution >= 0.6 is 0 Å². The second-order valence-electron chi connectivity index (χ2n) is 12.8. The number of rotatable bonds is 16. The Morgan fingerprint density at radius 3 is 2.11 bits per heavy atom. The lowest BCUT2D eigenvalue weighted by atomic mass is 9.80. The van der Waals surface area contributed by atoms with Gasteiger partial charge in [-0.05, 0) is 59.5 Å². The summed E-state index contributed by atoms with van der Waals surface area (Å²) in [4.78, 5) is 38.4. The highest BCUT2D eigenvalue weighted by Gasteiger charge is 2.48. The number of benzene rings is 4. The van der Waals surface area contributed by atoms with Gasteiger partial charge in [-0.3, -0.25) is 24.5 Å². The fourth-order valence-electron chi connectivity index (χ4n) is 6.70. The Morgan fingerprint density at radius 2 is 1.55 bits per heavy atom. The summed E-state index contributed by atoms with van der Waals surface area (Å²) in [5.41, 5.74) is 6.17. The molecule has 0 amide bonds. The van der Waals surface area contributed by atoms with Crippen LogP contribution in [0.15, 0.2) is 119 Å². The zero-order valence-electron chi connectivity index (χ0n) is 30.4. The third kappa shape index (κ3) is 8.22. The van der Waals surface area contributed by atoms with Crippen LogP contribution in [0.1, 0.15) is 47.1 Å². The van der Waals surface area contributed by atoms with Crippen molar-refractivity contribution in [2.45, 2.75) is 49.7 Å². The summed E-state index contributed by atoms with van der Waals surface area (Å²) in [6.45, 7) is 1.12. The first-order chi connectivity index (χ1) is 26.6. The number of nitro benzene ring substituents is 1. The maximum absolute atomic E-state index is 13.0. The van der Waals surface area contributed by atoms with Crippen molar-refractivity contribution in [3.8, 4) is 11.5 Å². The van der Waals surface area contributed by atoms with Crippen LogP contribution in [0, 0.1) is 10.1 Å². The Morgan fingerprint density at radius 1 is 0.927 bits per heavy atom. The average Bonchev–Trinajstić information content (AvgIpc) is 3.52. The fraction of sp³-hybridized carbons (Fsp3) is 0.300. The molecule has 5 aromatic rings. The van der Waals surface area contributed by atoms with Crippen LogP contribution in [0.3, 0.4) is 0 Å². The number of nitrogens with one attached hydrogen (secondary N) is 1. The minimum atomic E-state index is -1.39. The number of aromatic amines is 1. The summed E-state index contributed by atoms with van der Waals surface area (Å²) >= 11 is 0. The van der Waals surface area contributed by atoms with Crippen LogP contribution in [0.4, 0.5) is 5.69 Å². The molecule has 1 fully saturated rings. The van der Waals surface area contributed by atoms with Crippen molar-refractivity contribution in [2.75, 3.05) is 27.6 Å². The molecule has 1 unspecified atom stereocenters. The molecule has 5 atom stereocenters. The van der Waals surface area contributed by atoms with Crippen LogP contribution in [0.2, 0.25) is 0 Å². The van der Waals surface area contributed by atoms with E-state index in [1.807, 2.05) is 78.9 Å². The molecule has 0 saturated carbocycles. The predicted molar refractivity (Wildman–Crippen MR) is 200 cm³/mol. The molecule has 55 heavy (non-hydrogen) atoms. The molecular weight excluding hydrogens is 712 g/mol. The SMILES string of the molecule is COc1ccc(C(OC[C@H]2O[C@@H](n3ccc(=O)[nH]c3=O)[C@H](OCOC(C)c3cc(CN)ccc3[N+](=O)[O-])[C@@H]2O)(c2ccccc2)c2ccc(OC)cc2)cc1. The number of hydrogen-bond acceptors (Lipinski definition) is 12. The van der Waals surface area contributed by atoms with Crippen molar-refractivity contribution in [3.63, 3.8) is 0 Å². The van der Waals surface area contributed by atoms with E-state index in [0.29, 0.717) is 17.1 Å². The smallest absolute Gasteiger partial charge is 0.330 e. The Kier molecular flexibility index (Phi) is 12.2. The van der Waals surface area contributed by atoms with Gasteiger partial charge in [-0.1, -0.05) is 60.7 Å². The molecule has 6 rings (SSSR count). The number of nitro groups is 1. The van der Waals surface area contributed by atoms with E-state index < -0.39 is 59.2 Å². The number of nitrogens with two attached hydrogens (primary N) is 1. The second-order valence-corrected chi connectivity index (χ2v) is 12.8. The summed E-state index contributed by atoms with van der Waals surface area (Å²) in [5, 5.41) is 23.6. The van der Waals surface area contributed by atoms with E-state index in [9.17, 15) is 24.8 Å². The van der Waals surface area contributed by atoms with Gasteiger partial charge in [0.1, 0.15) is 42.2 Å². The Hall–Kier alpha value is -5.68. The molecule has 1 aliphatic rings. The van der Waals surface area contributed by atoms with Gasteiger partial charge in [0.05, 0.1) is 37.4 Å². The molecule has 15 nitrogen and oxygen atoms in total. The van der Waals surface area contributed by atoms with Gasteiger partial charge in [0.15, 0.2) is 6.23 Å². The highest BCUT2D eigenvalue weighted by Crippen LogP contribution is 2.43. The van der Waals surface area contributed by atoms with E-state index in [1.54, 1.807) is 33.3 Å². The number of nitrogens with zero attached hydrogens (tertiary/aromatic N) is 2. The number of aliphatic hydroxyl groups excluding tert-OH is 1. The van der Waals surface area contributed by atoms with Gasteiger partial charge >= 0.3 is 5.69 Å². The van der Waals surface area contributed by atoms with Gasteiger partial charge < -0.3 is 39.3 Å². The zero-order valence-corrected chi connectivity index (χ0v) is 30.4. The standard InChI is InChI=1S/C40H42N4O11/c1-25(32-21-26(22-41)9-18-33(32)44(48)49)52-24-53-37-36(46)34(55-38(37)43-20-19-35(45)42-39(43)47)23-54-40(27-7-5-4-6-8-27,28-10-14-30(50-2)15-11-28)29-12-16-31(51-3)17-13-29/h4-21,25,34,36-38,46H,22-24,41H2,1-3H3,(H,42,45,47)/t25?,34-,36-,37-,38-/m1/s1. The molecule has 1 aliphatic heterocycles. The minimum Gasteiger partial charge on any atom is -0.497 e. The first kappa shape index (κ1) is 39.0. The number of aliphatic hydroxyl groups is 1. The van der Waals surface area contributed by atoms with Crippen LogP contribution in [0.5, 0.6) is 11.5 Å². The Labute approximate surface area is 315 Å². The van der Waals surface area contributed by atoms with Crippen molar-refractivity contribution < 1.29 is 38.5 Å². The van der Waals surface area contributed by atoms with E-state index in [2.05, 4.69) is 4.98 Å². The normalized spacial score (nSPS) is 18.9. The van der Waals surface area contributed by atoms with E-state index in [0.717, 1.165) is 27.3 Å². The van der Waals surface area contributed by atoms with E-state index in [-0.39, 0.29) is 24.4 Å². The van der Waals surface area contributed by atoms with Crippen LogP contribution in [-0.4, -0.2) is 65.5 Å². The summed E-state index contributed by atoms with van der Waals surface area (Å²) < 4.78 is 37.2. The summed E-state index contributed by atoms with van der Waals surface area (Å²) in [7, 11) is 3.16. The second kappa shape index (κ2) is 17.2. The van der Waals surface area contributed by atoms with Gasteiger partial charge in [-0.15, -0.1) is 0 Å². The number of H-pyrrole nitrogens is 1. The molecule has 0 radical (unpaired) electrons. The molecular formula is C40H42N4O11. The van der Waals surface area contributed by atoms with E-state index in [1.165, 1.54) is 12.3 Å². The van der Waals surface area contributed by atoms with Crippen LogP contribution in [-0.2, 0) is 31.1 Å². The predicted octanol–water partition coefficient (Wildman–Crippen LogP) is 4.31. The third-order valence-corrected chi connectivity index (χ3v) is 9.62. The largest absolute Gasteiger partial charge is 0.497 e. The Bertz CT molecular complexity index is 2130. The minimum absolute atomic E-state index is 0.153. The van der Waals surface area contributed by atoms with Crippen LogP contribution < -0.4 is 26.5 Å². The van der Waals surface area contributed by atoms with E-state index in [4.69, 9.17) is 34.2 Å². The van der Waals surface area contributed by atoms with Gasteiger partial charge in [0, 0.05) is 24.9 Å². The summed E-state index contributed by atoms with van der Waals surface area (Å²) in [6, 6.07) is 30.1. The van der Waals surface area contributed by atoms with Crippen LogP contribution in [0.25, 0.3) is 0 Å². The molecule has 1 aromatic heterocycles. The highest BCUT2D eigenvalue weighted by molar-refractivity contribution is 5.50. The van der Waals surface area contributed by atoms with Crippen molar-refractivity contribution >= 4 is 5.69 Å². The summed E-state index contributed by atoms with van der Waals surface area (Å²) in [5.74, 6) is 1.28. The lowest BCUT2D eigenvalue weighted by Gasteiger charge is -2.37. The molecule has 1 saturated heterocycles.